The van der Waals surface area contributed by atoms with E-state index in [9.17, 15) is 5.11 Å². The lowest BCUT2D eigenvalue weighted by atomic mass is 9.88. The van der Waals surface area contributed by atoms with Gasteiger partial charge in [-0.15, -0.1) is 0 Å². The fourth-order valence-corrected chi connectivity index (χ4v) is 2.98. The predicted molar refractivity (Wildman–Crippen MR) is 72.2 cm³/mol. The minimum Gasteiger partial charge on any atom is -0.391 e. The van der Waals surface area contributed by atoms with Crippen LogP contribution in [0.3, 0.4) is 0 Å². The van der Waals surface area contributed by atoms with Gasteiger partial charge in [0.25, 0.3) is 0 Å². The highest BCUT2D eigenvalue weighted by atomic mass is 16.5. The van der Waals surface area contributed by atoms with Gasteiger partial charge < -0.3 is 14.7 Å². The molecule has 0 unspecified atom stereocenters. The Bertz CT molecular complexity index is 427. The van der Waals surface area contributed by atoms with Gasteiger partial charge >= 0.3 is 0 Å². The molecule has 2 aliphatic rings. The first-order chi connectivity index (χ1) is 9.21. The third-order valence-corrected chi connectivity index (χ3v) is 4.25. The summed E-state index contributed by atoms with van der Waals surface area (Å²) in [4.78, 5) is 11.1. The van der Waals surface area contributed by atoms with Crippen LogP contribution in [-0.4, -0.2) is 46.5 Å². The zero-order valence-electron chi connectivity index (χ0n) is 11.4. The van der Waals surface area contributed by atoms with Crippen LogP contribution in [-0.2, 0) is 11.2 Å². The summed E-state index contributed by atoms with van der Waals surface area (Å²) in [6.07, 6.45) is 7.16. The second-order valence-electron chi connectivity index (χ2n) is 5.58. The van der Waals surface area contributed by atoms with E-state index in [1.807, 2.05) is 12.4 Å². The van der Waals surface area contributed by atoms with E-state index in [4.69, 9.17) is 4.74 Å². The molecule has 0 radical (unpaired) electrons. The summed E-state index contributed by atoms with van der Waals surface area (Å²) in [5.41, 5.74) is 1.07. The number of aliphatic hydroxyl groups excluding tert-OH is 1. The largest absolute Gasteiger partial charge is 0.391 e. The van der Waals surface area contributed by atoms with E-state index in [0.29, 0.717) is 6.61 Å². The van der Waals surface area contributed by atoms with Crippen LogP contribution in [0.4, 0.5) is 5.95 Å². The number of rotatable bonds is 2. The Morgan fingerprint density at radius 3 is 2.58 bits per heavy atom. The highest BCUT2D eigenvalue weighted by molar-refractivity contribution is 5.31. The molecular weight excluding hydrogens is 242 g/mol. The zero-order valence-corrected chi connectivity index (χ0v) is 11.4. The minimum atomic E-state index is -0.286. The number of aryl methyl sites for hydroxylation is 1. The van der Waals surface area contributed by atoms with E-state index in [1.54, 1.807) is 0 Å². The molecule has 1 aromatic heterocycles. The van der Waals surface area contributed by atoms with E-state index in [-0.39, 0.29) is 11.7 Å². The van der Waals surface area contributed by atoms with Gasteiger partial charge in [0.1, 0.15) is 0 Å². The van der Waals surface area contributed by atoms with E-state index in [2.05, 4.69) is 21.8 Å². The summed E-state index contributed by atoms with van der Waals surface area (Å²) in [5.74, 6) is 0.811. The molecule has 5 nitrogen and oxygen atoms in total. The van der Waals surface area contributed by atoms with Crippen molar-refractivity contribution in [3.05, 3.63) is 18.0 Å². The van der Waals surface area contributed by atoms with Gasteiger partial charge in [0.15, 0.2) is 0 Å². The number of hydrogen-bond acceptors (Lipinski definition) is 5. The van der Waals surface area contributed by atoms with Crippen LogP contribution >= 0.6 is 0 Å². The molecule has 2 saturated heterocycles. The summed E-state index contributed by atoms with van der Waals surface area (Å²) in [6.45, 7) is 4.39. The van der Waals surface area contributed by atoms with Gasteiger partial charge in [-0.05, 0) is 24.8 Å². The molecule has 1 spiro atoms. The van der Waals surface area contributed by atoms with Gasteiger partial charge in [0.05, 0.1) is 18.3 Å². The first-order valence-electron chi connectivity index (χ1n) is 7.09. The van der Waals surface area contributed by atoms with Crippen molar-refractivity contribution in [1.29, 1.82) is 0 Å². The molecule has 0 saturated carbocycles. The molecular formula is C14H21N3O2. The predicted octanol–water partition coefficient (Wildman–Crippen LogP) is 1.16. The van der Waals surface area contributed by atoms with Crippen molar-refractivity contribution < 1.29 is 9.84 Å². The molecule has 19 heavy (non-hydrogen) atoms. The molecule has 104 valence electrons. The van der Waals surface area contributed by atoms with E-state index < -0.39 is 0 Å². The van der Waals surface area contributed by atoms with Crippen LogP contribution in [0, 0.1) is 0 Å². The molecule has 3 rings (SSSR count). The number of piperidine rings is 1. The summed E-state index contributed by atoms with van der Waals surface area (Å²) < 4.78 is 5.80. The number of anilines is 1. The van der Waals surface area contributed by atoms with E-state index in [0.717, 1.165) is 44.7 Å². The standard InChI is InChI=1S/C14H21N3O2/c1-2-11-8-15-13(16-9-11)17-5-3-14(4-6-17)7-12(18)10-19-14/h8-9,12,18H,2-7,10H2,1H3/t12-/m0/s1. The van der Waals surface area contributed by atoms with Gasteiger partial charge in [-0.3, -0.25) is 0 Å². The first-order valence-corrected chi connectivity index (χ1v) is 7.09. The van der Waals surface area contributed by atoms with Gasteiger partial charge in [-0.1, -0.05) is 6.92 Å². The van der Waals surface area contributed by atoms with Crippen molar-refractivity contribution in [2.45, 2.75) is 44.3 Å². The smallest absolute Gasteiger partial charge is 0.225 e. The van der Waals surface area contributed by atoms with Gasteiger partial charge in [0, 0.05) is 31.9 Å². The van der Waals surface area contributed by atoms with Crippen LogP contribution in [0.1, 0.15) is 31.7 Å². The third kappa shape index (κ3) is 2.58. The Balaban J connectivity index is 1.63. The lowest BCUT2D eigenvalue weighted by molar-refractivity contribution is -0.0168. The lowest BCUT2D eigenvalue weighted by Crippen LogP contribution is -2.44. The molecule has 3 heterocycles. The topological polar surface area (TPSA) is 58.5 Å². The summed E-state index contributed by atoms with van der Waals surface area (Å²) >= 11 is 0. The van der Waals surface area contributed by atoms with Gasteiger partial charge in [-0.25, -0.2) is 9.97 Å². The highest BCUT2D eigenvalue weighted by Gasteiger charge is 2.42. The van der Waals surface area contributed by atoms with Gasteiger partial charge in [-0.2, -0.15) is 0 Å². The average Bonchev–Trinajstić information content (AvgIpc) is 2.81. The summed E-state index contributed by atoms with van der Waals surface area (Å²) in [5, 5.41) is 9.62. The SMILES string of the molecule is CCc1cnc(N2CCC3(CC2)C[C@H](O)CO3)nc1. The Kier molecular flexibility index (Phi) is 3.41. The fraction of sp³-hybridized carbons (Fsp3) is 0.714. The maximum Gasteiger partial charge on any atom is 0.225 e. The third-order valence-electron chi connectivity index (χ3n) is 4.25. The maximum atomic E-state index is 9.62. The number of aliphatic hydroxyl groups is 1. The Morgan fingerprint density at radius 1 is 1.37 bits per heavy atom. The first kappa shape index (κ1) is 12.8. The normalized spacial score (nSPS) is 26.0. The molecule has 2 aliphatic heterocycles. The Hall–Kier alpha value is -1.20. The van der Waals surface area contributed by atoms with Crippen LogP contribution < -0.4 is 4.90 Å². The number of hydrogen-bond donors (Lipinski definition) is 1. The van der Waals surface area contributed by atoms with Crippen LogP contribution in [0.5, 0.6) is 0 Å². The Labute approximate surface area is 113 Å². The number of aromatic nitrogens is 2. The quantitative estimate of drug-likeness (QED) is 0.867. The Morgan fingerprint density at radius 2 is 2.05 bits per heavy atom. The molecule has 0 aliphatic carbocycles. The van der Waals surface area contributed by atoms with Crippen molar-refractivity contribution in [2.75, 3.05) is 24.6 Å². The lowest BCUT2D eigenvalue weighted by Gasteiger charge is -2.38. The molecule has 1 aromatic rings. The second kappa shape index (κ2) is 5.06. The van der Waals surface area contributed by atoms with Crippen LogP contribution in [0.15, 0.2) is 12.4 Å². The van der Waals surface area contributed by atoms with Crippen molar-refractivity contribution in [2.24, 2.45) is 0 Å². The molecule has 0 aromatic carbocycles. The molecule has 1 atom stereocenters. The van der Waals surface area contributed by atoms with Crippen molar-refractivity contribution in [3.63, 3.8) is 0 Å². The van der Waals surface area contributed by atoms with Gasteiger partial charge in [0.2, 0.25) is 5.95 Å². The average molecular weight is 263 g/mol. The van der Waals surface area contributed by atoms with E-state index in [1.165, 1.54) is 5.56 Å². The molecule has 1 N–H and O–H groups in total. The van der Waals surface area contributed by atoms with Crippen LogP contribution in [0.2, 0.25) is 0 Å². The number of ether oxygens (including phenoxy) is 1. The minimum absolute atomic E-state index is 0.0979. The van der Waals surface area contributed by atoms with Crippen molar-refractivity contribution in [3.8, 4) is 0 Å². The molecule has 0 bridgehead atoms. The van der Waals surface area contributed by atoms with E-state index >= 15 is 0 Å². The fourth-order valence-electron chi connectivity index (χ4n) is 2.98. The van der Waals surface area contributed by atoms with Crippen molar-refractivity contribution >= 4 is 5.95 Å². The monoisotopic (exact) mass is 263 g/mol. The zero-order chi connectivity index (χ0) is 13.3. The second-order valence-corrected chi connectivity index (χ2v) is 5.58. The number of nitrogens with zero attached hydrogens (tertiary/aromatic N) is 3. The summed E-state index contributed by atoms with van der Waals surface area (Å²) in [7, 11) is 0. The molecule has 0 amide bonds. The molecule has 5 heteroatoms. The van der Waals surface area contributed by atoms with Crippen LogP contribution in [0.25, 0.3) is 0 Å². The molecule has 2 fully saturated rings. The highest BCUT2D eigenvalue weighted by Crippen LogP contribution is 2.36. The van der Waals surface area contributed by atoms with Crippen molar-refractivity contribution in [1.82, 2.24) is 9.97 Å². The maximum absolute atomic E-state index is 9.62. The summed E-state index contributed by atoms with van der Waals surface area (Å²) in [6, 6.07) is 0.